The molecule has 0 spiro atoms. The Kier molecular flexibility index (Phi) is 7.15. The molecule has 0 aliphatic rings. The molecule has 1 aromatic rings. The fraction of sp³-hybridized carbons (Fsp3) is 0.438. The Morgan fingerprint density at radius 2 is 1.71 bits per heavy atom. The van der Waals surface area contributed by atoms with Crippen LogP contribution in [0.4, 0.5) is 0 Å². The smallest absolute Gasteiger partial charge is 0.343 e. The first kappa shape index (κ1) is 16.9. The second-order valence-electron chi connectivity index (χ2n) is 4.84. The van der Waals surface area contributed by atoms with Crippen LogP contribution in [0.3, 0.4) is 0 Å². The first-order valence-electron chi connectivity index (χ1n) is 7.17. The van der Waals surface area contributed by atoms with Gasteiger partial charge in [0.2, 0.25) is 0 Å². The predicted octanol–water partition coefficient (Wildman–Crippen LogP) is 3.83. The van der Waals surface area contributed by atoms with E-state index in [0.29, 0.717) is 0 Å². The van der Waals surface area contributed by atoms with Crippen LogP contribution in [0.15, 0.2) is 24.5 Å². The standard InChI is InChI=1S/C16H22O5/c1-2-3-4-5-6-7-8-9-21-16(20)12-10-13(17)15(19)14(18)11-12/h8-11,17-19H,2-7H2,1H3. The van der Waals surface area contributed by atoms with Crippen molar-refractivity contribution in [2.24, 2.45) is 0 Å². The number of allylic oxidation sites excluding steroid dienone is 1. The molecule has 0 saturated heterocycles. The van der Waals surface area contributed by atoms with E-state index in [0.717, 1.165) is 31.4 Å². The maximum atomic E-state index is 11.7. The highest BCUT2D eigenvalue weighted by molar-refractivity contribution is 5.91. The van der Waals surface area contributed by atoms with Crippen LogP contribution in [0.1, 0.15) is 55.8 Å². The van der Waals surface area contributed by atoms with Gasteiger partial charge in [0, 0.05) is 0 Å². The zero-order valence-electron chi connectivity index (χ0n) is 12.2. The van der Waals surface area contributed by atoms with Crippen LogP contribution in [0, 0.1) is 0 Å². The third-order valence-corrected chi connectivity index (χ3v) is 3.05. The molecule has 0 aliphatic carbocycles. The second kappa shape index (κ2) is 8.89. The summed E-state index contributed by atoms with van der Waals surface area (Å²) in [6.45, 7) is 2.16. The molecule has 116 valence electrons. The van der Waals surface area contributed by atoms with E-state index in [1.54, 1.807) is 6.08 Å². The van der Waals surface area contributed by atoms with Gasteiger partial charge in [-0.25, -0.2) is 4.79 Å². The van der Waals surface area contributed by atoms with Crippen molar-refractivity contribution >= 4 is 5.97 Å². The maximum absolute atomic E-state index is 11.7. The summed E-state index contributed by atoms with van der Waals surface area (Å²) in [6.07, 6.45) is 9.79. The number of unbranched alkanes of at least 4 members (excludes halogenated alkanes) is 5. The van der Waals surface area contributed by atoms with Crippen molar-refractivity contribution in [1.82, 2.24) is 0 Å². The van der Waals surface area contributed by atoms with Gasteiger partial charge in [-0.3, -0.25) is 0 Å². The molecule has 0 radical (unpaired) electrons. The summed E-state index contributed by atoms with van der Waals surface area (Å²) in [7, 11) is 0. The van der Waals surface area contributed by atoms with Crippen LogP contribution in [-0.4, -0.2) is 21.3 Å². The first-order chi connectivity index (χ1) is 10.1. The molecule has 0 bridgehead atoms. The highest BCUT2D eigenvalue weighted by Gasteiger charge is 2.13. The molecule has 5 heteroatoms. The van der Waals surface area contributed by atoms with Crippen molar-refractivity contribution in [3.05, 3.63) is 30.0 Å². The monoisotopic (exact) mass is 294 g/mol. The minimum absolute atomic E-state index is 0.0320. The predicted molar refractivity (Wildman–Crippen MR) is 79.4 cm³/mol. The lowest BCUT2D eigenvalue weighted by atomic mass is 10.1. The SMILES string of the molecule is CCCCCCCC=COC(=O)c1cc(O)c(O)c(O)c1. The van der Waals surface area contributed by atoms with Crippen molar-refractivity contribution in [2.45, 2.75) is 45.4 Å². The second-order valence-corrected chi connectivity index (χ2v) is 4.84. The number of phenolic OH excluding ortho intramolecular Hbond substituents is 3. The van der Waals surface area contributed by atoms with Crippen LogP contribution < -0.4 is 0 Å². The number of carbonyl (C=O) groups excluding carboxylic acids is 1. The number of aromatic hydroxyl groups is 3. The highest BCUT2D eigenvalue weighted by Crippen LogP contribution is 2.35. The summed E-state index contributed by atoms with van der Waals surface area (Å²) in [4.78, 5) is 11.7. The van der Waals surface area contributed by atoms with E-state index in [4.69, 9.17) is 4.74 Å². The van der Waals surface area contributed by atoms with E-state index in [-0.39, 0.29) is 5.56 Å². The van der Waals surface area contributed by atoms with Gasteiger partial charge < -0.3 is 20.1 Å². The number of rotatable bonds is 8. The van der Waals surface area contributed by atoms with Gasteiger partial charge in [-0.15, -0.1) is 0 Å². The van der Waals surface area contributed by atoms with E-state index >= 15 is 0 Å². The molecular formula is C16H22O5. The third kappa shape index (κ3) is 5.77. The zero-order valence-corrected chi connectivity index (χ0v) is 12.2. The van der Waals surface area contributed by atoms with Crippen LogP contribution in [0.25, 0.3) is 0 Å². The van der Waals surface area contributed by atoms with Crippen molar-refractivity contribution in [3.8, 4) is 17.2 Å². The van der Waals surface area contributed by atoms with Crippen molar-refractivity contribution < 1.29 is 24.9 Å². The number of benzene rings is 1. The third-order valence-electron chi connectivity index (χ3n) is 3.05. The number of phenols is 3. The van der Waals surface area contributed by atoms with E-state index in [2.05, 4.69) is 6.92 Å². The Morgan fingerprint density at radius 1 is 1.10 bits per heavy atom. The van der Waals surface area contributed by atoms with Gasteiger partial charge in [-0.2, -0.15) is 0 Å². The molecular weight excluding hydrogens is 272 g/mol. The highest BCUT2D eigenvalue weighted by atomic mass is 16.5. The van der Waals surface area contributed by atoms with Gasteiger partial charge in [-0.05, 0) is 31.1 Å². The van der Waals surface area contributed by atoms with E-state index in [1.165, 1.54) is 25.5 Å². The van der Waals surface area contributed by atoms with Gasteiger partial charge in [0.15, 0.2) is 17.2 Å². The fourth-order valence-corrected chi connectivity index (χ4v) is 1.83. The van der Waals surface area contributed by atoms with Crippen LogP contribution >= 0.6 is 0 Å². The number of hydrogen-bond acceptors (Lipinski definition) is 5. The minimum Gasteiger partial charge on any atom is -0.504 e. The normalized spacial score (nSPS) is 10.9. The van der Waals surface area contributed by atoms with E-state index < -0.39 is 23.2 Å². The van der Waals surface area contributed by atoms with Gasteiger partial charge in [0.25, 0.3) is 0 Å². The Morgan fingerprint density at radius 3 is 2.33 bits per heavy atom. The molecule has 1 rings (SSSR count). The number of carbonyl (C=O) groups is 1. The van der Waals surface area contributed by atoms with Crippen LogP contribution in [0.2, 0.25) is 0 Å². The van der Waals surface area contributed by atoms with E-state index in [1.807, 2.05) is 0 Å². The minimum atomic E-state index is -0.706. The molecule has 0 heterocycles. The van der Waals surface area contributed by atoms with E-state index in [9.17, 15) is 20.1 Å². The molecule has 0 aliphatic heterocycles. The molecule has 0 unspecified atom stereocenters. The van der Waals surface area contributed by atoms with Gasteiger partial charge in [0.05, 0.1) is 11.8 Å². The molecule has 0 amide bonds. The topological polar surface area (TPSA) is 87.0 Å². The average Bonchev–Trinajstić information content (AvgIpc) is 2.46. The van der Waals surface area contributed by atoms with Crippen LogP contribution in [-0.2, 0) is 4.74 Å². The average molecular weight is 294 g/mol. The summed E-state index contributed by atoms with van der Waals surface area (Å²) in [5.41, 5.74) is -0.0320. The lowest BCUT2D eigenvalue weighted by Crippen LogP contribution is -2.00. The molecule has 0 saturated carbocycles. The molecule has 0 aromatic heterocycles. The Hall–Kier alpha value is -2.17. The number of esters is 1. The van der Waals surface area contributed by atoms with Gasteiger partial charge in [0.1, 0.15) is 0 Å². The lowest BCUT2D eigenvalue weighted by molar-refractivity contribution is 0.0661. The fourth-order valence-electron chi connectivity index (χ4n) is 1.83. The molecule has 1 aromatic carbocycles. The zero-order chi connectivity index (χ0) is 15.7. The molecule has 3 N–H and O–H groups in total. The Bertz CT molecular complexity index is 470. The molecule has 5 nitrogen and oxygen atoms in total. The van der Waals surface area contributed by atoms with Crippen LogP contribution in [0.5, 0.6) is 17.2 Å². The summed E-state index contributed by atoms with van der Waals surface area (Å²) in [5.74, 6) is -2.50. The number of hydrogen-bond donors (Lipinski definition) is 3. The Balaban J connectivity index is 2.37. The largest absolute Gasteiger partial charge is 0.504 e. The Labute approximate surface area is 124 Å². The molecule has 21 heavy (non-hydrogen) atoms. The summed E-state index contributed by atoms with van der Waals surface area (Å²) in [5, 5.41) is 27.8. The van der Waals surface area contributed by atoms with Crippen molar-refractivity contribution in [2.75, 3.05) is 0 Å². The lowest BCUT2D eigenvalue weighted by Gasteiger charge is -2.04. The van der Waals surface area contributed by atoms with Crippen molar-refractivity contribution in [3.63, 3.8) is 0 Å². The maximum Gasteiger partial charge on any atom is 0.343 e. The molecule has 0 fully saturated rings. The van der Waals surface area contributed by atoms with Gasteiger partial charge in [-0.1, -0.05) is 32.6 Å². The quantitative estimate of drug-likeness (QED) is 0.293. The summed E-state index contributed by atoms with van der Waals surface area (Å²) >= 11 is 0. The summed E-state index contributed by atoms with van der Waals surface area (Å²) in [6, 6.07) is 2.08. The number of ether oxygens (including phenoxy) is 1. The van der Waals surface area contributed by atoms with Crippen molar-refractivity contribution in [1.29, 1.82) is 0 Å². The molecule has 0 atom stereocenters. The van der Waals surface area contributed by atoms with Gasteiger partial charge >= 0.3 is 5.97 Å². The first-order valence-corrected chi connectivity index (χ1v) is 7.17. The summed E-state index contributed by atoms with van der Waals surface area (Å²) < 4.78 is 4.88.